The van der Waals surface area contributed by atoms with Gasteiger partial charge in [0, 0.05) is 23.6 Å². The highest BCUT2D eigenvalue weighted by molar-refractivity contribution is 7.90. The third-order valence-electron chi connectivity index (χ3n) is 3.14. The van der Waals surface area contributed by atoms with E-state index in [1.165, 1.54) is 36.1 Å². The molecule has 6 nitrogen and oxygen atoms in total. The van der Waals surface area contributed by atoms with Crippen LogP contribution in [0.1, 0.15) is 5.56 Å². The lowest BCUT2D eigenvalue weighted by atomic mass is 10.2. The number of rotatable bonds is 2. The minimum absolute atomic E-state index is 0.00185. The van der Waals surface area contributed by atoms with Gasteiger partial charge in [-0.1, -0.05) is 35.9 Å². The second-order valence-electron chi connectivity index (χ2n) is 4.99. The largest absolute Gasteiger partial charge is 0.611 e. The molecule has 0 fully saturated rings. The fourth-order valence-electron chi connectivity index (χ4n) is 1.94. The lowest BCUT2D eigenvalue weighted by Crippen LogP contribution is -2.12. The fraction of sp³-hybridized carbons (Fsp3) is 0.118. The molecule has 0 saturated carbocycles. The van der Waals surface area contributed by atoms with E-state index >= 15 is 0 Å². The molecule has 0 aliphatic rings. The normalized spacial score (nSPS) is 11.5. The number of nitro groups is 1. The Morgan fingerprint density at radius 2 is 1.75 bits per heavy atom. The van der Waals surface area contributed by atoms with Gasteiger partial charge in [0.1, 0.15) is 11.8 Å². The maximum absolute atomic E-state index is 11.4. The van der Waals surface area contributed by atoms with Gasteiger partial charge in [-0.3, -0.25) is 10.1 Å². The molecular formula is C17H15NO5S. The number of fused-ring (bicyclic) bond motifs is 1. The Hall–Kier alpha value is -2.64. The molecule has 0 N–H and O–H groups in total. The van der Waals surface area contributed by atoms with Crippen LogP contribution in [-0.4, -0.2) is 15.7 Å². The SMILES string of the molecule is C[S+]([O-])c1cc2cc([N+](=O)[O-])ccc2oc1=O.Cc1ccccc1. The predicted octanol–water partition coefficient (Wildman–Crippen LogP) is 3.43. The molecule has 124 valence electrons. The standard InChI is InChI=1S/C10H7NO5S.C7H8/c1-17(15)9-5-6-4-7(11(13)14)2-3-8(6)16-10(9)12;1-7-5-3-2-4-6-7/h2-5H,1H3;2-6H,1H3. The van der Waals surface area contributed by atoms with Gasteiger partial charge >= 0.3 is 5.63 Å². The average molecular weight is 345 g/mol. The van der Waals surface area contributed by atoms with Crippen molar-refractivity contribution in [2.45, 2.75) is 11.8 Å². The van der Waals surface area contributed by atoms with Crippen molar-refractivity contribution in [2.75, 3.05) is 6.26 Å². The van der Waals surface area contributed by atoms with Crippen LogP contribution in [0.2, 0.25) is 0 Å². The number of hydrogen-bond donors (Lipinski definition) is 0. The van der Waals surface area contributed by atoms with Crippen molar-refractivity contribution in [1.82, 2.24) is 0 Å². The van der Waals surface area contributed by atoms with Crippen molar-refractivity contribution in [1.29, 1.82) is 0 Å². The molecule has 1 atom stereocenters. The van der Waals surface area contributed by atoms with E-state index in [4.69, 9.17) is 4.42 Å². The van der Waals surface area contributed by atoms with E-state index in [1.54, 1.807) is 0 Å². The molecule has 1 unspecified atom stereocenters. The number of aryl methyl sites for hydroxylation is 1. The van der Waals surface area contributed by atoms with Gasteiger partial charge < -0.3 is 8.97 Å². The summed E-state index contributed by atoms with van der Waals surface area (Å²) in [4.78, 5) is 21.4. The molecule has 0 aliphatic carbocycles. The van der Waals surface area contributed by atoms with Gasteiger partial charge in [0.2, 0.25) is 4.90 Å². The molecule has 1 heterocycles. The summed E-state index contributed by atoms with van der Waals surface area (Å²) in [5.74, 6) is 0. The van der Waals surface area contributed by atoms with Crippen molar-refractivity contribution in [3.05, 3.63) is 80.7 Å². The van der Waals surface area contributed by atoms with E-state index in [9.17, 15) is 19.5 Å². The summed E-state index contributed by atoms with van der Waals surface area (Å²) in [6, 6.07) is 15.5. The number of benzene rings is 2. The molecule has 3 rings (SSSR count). The zero-order chi connectivity index (χ0) is 17.7. The van der Waals surface area contributed by atoms with Gasteiger partial charge in [0.15, 0.2) is 0 Å². The Morgan fingerprint density at radius 1 is 1.08 bits per heavy atom. The number of non-ortho nitro benzene ring substituents is 1. The quantitative estimate of drug-likeness (QED) is 0.307. The van der Waals surface area contributed by atoms with Crippen LogP contribution in [0.15, 0.2) is 68.7 Å². The van der Waals surface area contributed by atoms with Crippen LogP contribution in [0.4, 0.5) is 5.69 Å². The summed E-state index contributed by atoms with van der Waals surface area (Å²) in [7, 11) is 0. The van der Waals surface area contributed by atoms with Gasteiger partial charge in [-0.15, -0.1) is 0 Å². The van der Waals surface area contributed by atoms with E-state index in [1.807, 2.05) is 18.2 Å². The zero-order valence-electron chi connectivity index (χ0n) is 13.1. The smallest absolute Gasteiger partial charge is 0.392 e. The van der Waals surface area contributed by atoms with Gasteiger partial charge in [-0.05, 0) is 24.2 Å². The zero-order valence-corrected chi connectivity index (χ0v) is 13.9. The molecule has 0 amide bonds. The highest BCUT2D eigenvalue weighted by Crippen LogP contribution is 2.21. The lowest BCUT2D eigenvalue weighted by Gasteiger charge is -2.03. The van der Waals surface area contributed by atoms with E-state index in [0.29, 0.717) is 5.39 Å². The van der Waals surface area contributed by atoms with Crippen molar-refractivity contribution in [3.8, 4) is 0 Å². The molecule has 0 bridgehead atoms. The Bertz CT molecular complexity index is 906. The van der Waals surface area contributed by atoms with Crippen LogP contribution < -0.4 is 5.63 Å². The molecule has 3 aromatic rings. The van der Waals surface area contributed by atoms with Crippen LogP contribution in [0.3, 0.4) is 0 Å². The Kier molecular flexibility index (Phi) is 5.73. The third kappa shape index (κ3) is 4.43. The second-order valence-corrected chi connectivity index (χ2v) is 6.33. The second kappa shape index (κ2) is 7.76. The summed E-state index contributed by atoms with van der Waals surface area (Å²) >= 11 is -1.49. The first-order valence-corrected chi connectivity index (χ1v) is 8.51. The van der Waals surface area contributed by atoms with Gasteiger partial charge in [-0.2, -0.15) is 0 Å². The van der Waals surface area contributed by atoms with Crippen LogP contribution in [0.25, 0.3) is 11.0 Å². The van der Waals surface area contributed by atoms with Crippen molar-refractivity contribution >= 4 is 27.8 Å². The summed E-state index contributed by atoms with van der Waals surface area (Å²) in [5, 5.41) is 11.0. The molecule has 0 radical (unpaired) electrons. The van der Waals surface area contributed by atoms with Crippen LogP contribution in [0, 0.1) is 17.0 Å². The van der Waals surface area contributed by atoms with E-state index in [-0.39, 0.29) is 16.2 Å². The Labute approximate surface area is 141 Å². The van der Waals surface area contributed by atoms with Crippen LogP contribution in [0.5, 0.6) is 0 Å². The fourth-order valence-corrected chi connectivity index (χ4v) is 2.51. The molecule has 0 spiro atoms. The molecule has 1 aromatic heterocycles. The first kappa shape index (κ1) is 17.7. The average Bonchev–Trinajstić information content (AvgIpc) is 2.54. The monoisotopic (exact) mass is 345 g/mol. The van der Waals surface area contributed by atoms with Crippen LogP contribution in [-0.2, 0) is 11.2 Å². The number of nitro benzene ring substituents is 1. The minimum Gasteiger partial charge on any atom is -0.611 e. The van der Waals surface area contributed by atoms with Gasteiger partial charge in [-0.25, -0.2) is 4.79 Å². The first-order valence-electron chi connectivity index (χ1n) is 6.96. The third-order valence-corrected chi connectivity index (χ3v) is 4.05. The van der Waals surface area contributed by atoms with Gasteiger partial charge in [0.05, 0.1) is 4.92 Å². The van der Waals surface area contributed by atoms with E-state index in [0.717, 1.165) is 0 Å². The maximum Gasteiger partial charge on any atom is 0.392 e. The molecular weight excluding hydrogens is 330 g/mol. The first-order chi connectivity index (χ1) is 11.4. The summed E-state index contributed by atoms with van der Waals surface area (Å²) in [5.41, 5.74) is 0.753. The van der Waals surface area contributed by atoms with E-state index in [2.05, 4.69) is 19.1 Å². The van der Waals surface area contributed by atoms with Crippen molar-refractivity contribution in [3.63, 3.8) is 0 Å². The minimum atomic E-state index is -1.49. The summed E-state index contributed by atoms with van der Waals surface area (Å²) in [6.45, 7) is 2.08. The van der Waals surface area contributed by atoms with Crippen molar-refractivity contribution in [2.24, 2.45) is 0 Å². The number of nitrogens with zero attached hydrogens (tertiary/aromatic N) is 1. The molecule has 0 saturated heterocycles. The topological polar surface area (TPSA) is 96.4 Å². The van der Waals surface area contributed by atoms with E-state index < -0.39 is 21.7 Å². The predicted molar refractivity (Wildman–Crippen MR) is 92.6 cm³/mol. The van der Waals surface area contributed by atoms with Crippen LogP contribution >= 0.6 is 0 Å². The molecule has 0 aliphatic heterocycles. The lowest BCUT2D eigenvalue weighted by molar-refractivity contribution is -0.384. The maximum atomic E-state index is 11.4. The molecule has 7 heteroatoms. The van der Waals surface area contributed by atoms with Gasteiger partial charge in [0.25, 0.3) is 5.69 Å². The highest BCUT2D eigenvalue weighted by atomic mass is 32.2. The number of hydrogen-bond acceptors (Lipinski definition) is 5. The summed E-state index contributed by atoms with van der Waals surface area (Å²) in [6.07, 6.45) is 1.34. The Balaban J connectivity index is 0.000000249. The highest BCUT2D eigenvalue weighted by Gasteiger charge is 2.15. The Morgan fingerprint density at radius 3 is 2.25 bits per heavy atom. The van der Waals surface area contributed by atoms with Crippen molar-refractivity contribution < 1.29 is 13.9 Å². The summed E-state index contributed by atoms with van der Waals surface area (Å²) < 4.78 is 16.2. The molecule has 2 aromatic carbocycles. The molecule has 24 heavy (non-hydrogen) atoms.